The fourth-order valence-electron chi connectivity index (χ4n) is 5.38. The topological polar surface area (TPSA) is 43.2 Å². The van der Waals surface area contributed by atoms with Crippen LogP contribution >= 0.6 is 11.6 Å². The van der Waals surface area contributed by atoms with Crippen molar-refractivity contribution in [2.75, 3.05) is 7.05 Å². The van der Waals surface area contributed by atoms with Crippen LogP contribution in [0.1, 0.15) is 80.9 Å². The smallest absolute Gasteiger partial charge is 0.151 e. The molecule has 2 saturated carbocycles. The van der Waals surface area contributed by atoms with Crippen LogP contribution in [0.3, 0.4) is 0 Å². The highest BCUT2D eigenvalue weighted by atomic mass is 35.5. The second-order valence-electron chi connectivity index (χ2n) is 9.12. The molecular formula is C23H31ClN4O. The summed E-state index contributed by atoms with van der Waals surface area (Å²) in [6.45, 7) is 1.68. The van der Waals surface area contributed by atoms with Gasteiger partial charge in [0.25, 0.3) is 0 Å². The van der Waals surface area contributed by atoms with Crippen molar-refractivity contribution in [2.45, 2.75) is 89.0 Å². The average Bonchev–Trinajstić information content (AvgIpc) is 3.06. The van der Waals surface area contributed by atoms with Crippen LogP contribution in [0.4, 0.5) is 0 Å². The number of hydrogen-bond donors (Lipinski definition) is 0. The zero-order valence-electron chi connectivity index (χ0n) is 17.3. The lowest BCUT2D eigenvalue weighted by Gasteiger charge is -2.32. The van der Waals surface area contributed by atoms with Crippen molar-refractivity contribution in [3.05, 3.63) is 40.4 Å². The van der Waals surface area contributed by atoms with Gasteiger partial charge in [0.1, 0.15) is 5.82 Å². The normalized spacial score (nSPS) is 26.0. The van der Waals surface area contributed by atoms with E-state index in [4.69, 9.17) is 16.3 Å². The van der Waals surface area contributed by atoms with Crippen LogP contribution in [-0.2, 0) is 17.8 Å². The lowest BCUT2D eigenvalue weighted by atomic mass is 9.86. The molecule has 5 nitrogen and oxygen atoms in total. The highest BCUT2D eigenvalue weighted by Gasteiger charge is 2.31. The molecule has 0 spiro atoms. The van der Waals surface area contributed by atoms with E-state index < -0.39 is 0 Å². The number of fused-ring (bicyclic) bond motifs is 3. The quantitative estimate of drug-likeness (QED) is 0.688. The van der Waals surface area contributed by atoms with Crippen LogP contribution in [0.2, 0.25) is 5.02 Å². The van der Waals surface area contributed by atoms with Crippen LogP contribution in [-0.4, -0.2) is 38.9 Å². The maximum atomic E-state index is 6.45. The summed E-state index contributed by atoms with van der Waals surface area (Å²) in [6, 6.07) is 6.19. The van der Waals surface area contributed by atoms with Gasteiger partial charge < -0.3 is 4.74 Å². The monoisotopic (exact) mass is 414 g/mol. The first-order valence-electron chi connectivity index (χ1n) is 11.2. The van der Waals surface area contributed by atoms with Crippen LogP contribution in [0.25, 0.3) is 5.69 Å². The number of hydrogen-bond acceptors (Lipinski definition) is 4. The van der Waals surface area contributed by atoms with Crippen molar-refractivity contribution in [1.29, 1.82) is 0 Å². The molecule has 6 heteroatoms. The minimum Gasteiger partial charge on any atom is -0.375 e. The fourth-order valence-corrected chi connectivity index (χ4v) is 5.57. The Kier molecular flexibility index (Phi) is 5.63. The Labute approximate surface area is 178 Å². The van der Waals surface area contributed by atoms with E-state index in [1.807, 2.05) is 6.07 Å². The number of nitrogens with zero attached hydrogens (tertiary/aromatic N) is 4. The molecule has 1 aromatic carbocycles. The molecule has 0 bridgehead atoms. The third-order valence-corrected chi connectivity index (χ3v) is 7.10. The summed E-state index contributed by atoms with van der Waals surface area (Å²) in [6.07, 6.45) is 12.0. The van der Waals surface area contributed by atoms with E-state index in [1.54, 1.807) is 0 Å². The summed E-state index contributed by atoms with van der Waals surface area (Å²) in [7, 11) is 2.13. The molecular weight excluding hydrogens is 384 g/mol. The summed E-state index contributed by atoms with van der Waals surface area (Å²) in [5, 5.41) is 10.0. The second-order valence-corrected chi connectivity index (χ2v) is 9.56. The number of aromatic nitrogens is 3. The first-order valence-corrected chi connectivity index (χ1v) is 11.6. The van der Waals surface area contributed by atoms with Gasteiger partial charge in [-0.1, -0.05) is 30.9 Å². The van der Waals surface area contributed by atoms with Gasteiger partial charge in [-0.05, 0) is 69.3 Å². The van der Waals surface area contributed by atoms with Gasteiger partial charge in [-0.25, -0.2) is 0 Å². The van der Waals surface area contributed by atoms with Crippen molar-refractivity contribution in [1.82, 2.24) is 19.7 Å². The third kappa shape index (κ3) is 4.10. The largest absolute Gasteiger partial charge is 0.375 e. The first-order chi connectivity index (χ1) is 14.2. The Hall–Kier alpha value is -1.43. The highest BCUT2D eigenvalue weighted by molar-refractivity contribution is 6.30. The molecule has 5 rings (SSSR count). The molecule has 2 heterocycles. The Morgan fingerprint density at radius 3 is 2.48 bits per heavy atom. The highest BCUT2D eigenvalue weighted by Crippen LogP contribution is 2.37. The molecule has 0 atom stereocenters. The van der Waals surface area contributed by atoms with Gasteiger partial charge in [-0.2, -0.15) is 0 Å². The molecule has 2 fully saturated rings. The van der Waals surface area contributed by atoms with Gasteiger partial charge in [0, 0.05) is 17.5 Å². The maximum absolute atomic E-state index is 6.45. The molecule has 1 aromatic heterocycles. The van der Waals surface area contributed by atoms with Crippen LogP contribution in [0, 0.1) is 0 Å². The molecule has 0 N–H and O–H groups in total. The first kappa shape index (κ1) is 19.5. The number of ether oxygens (including phenoxy) is 1. The number of halogens is 1. The third-order valence-electron chi connectivity index (χ3n) is 6.87. The molecule has 2 aromatic rings. The zero-order valence-corrected chi connectivity index (χ0v) is 18.1. The van der Waals surface area contributed by atoms with Gasteiger partial charge >= 0.3 is 0 Å². The Bertz CT molecular complexity index is 853. The average molecular weight is 415 g/mol. The van der Waals surface area contributed by atoms with Crippen LogP contribution in [0.5, 0.6) is 0 Å². The van der Waals surface area contributed by atoms with Crippen molar-refractivity contribution in [2.24, 2.45) is 0 Å². The van der Waals surface area contributed by atoms with Gasteiger partial charge in [0.05, 0.1) is 24.4 Å². The predicted octanol–water partition coefficient (Wildman–Crippen LogP) is 5.24. The van der Waals surface area contributed by atoms with E-state index in [-0.39, 0.29) is 0 Å². The predicted molar refractivity (Wildman–Crippen MR) is 114 cm³/mol. The lowest BCUT2D eigenvalue weighted by molar-refractivity contribution is -0.0474. The van der Waals surface area contributed by atoms with E-state index in [9.17, 15) is 0 Å². The van der Waals surface area contributed by atoms with E-state index >= 15 is 0 Å². The zero-order chi connectivity index (χ0) is 19.8. The summed E-state index contributed by atoms with van der Waals surface area (Å²) >= 11 is 6.29. The summed E-state index contributed by atoms with van der Waals surface area (Å²) in [4.78, 5) is 2.28. The van der Waals surface area contributed by atoms with E-state index in [1.165, 1.54) is 43.4 Å². The van der Waals surface area contributed by atoms with Crippen molar-refractivity contribution in [3.8, 4) is 5.69 Å². The molecule has 2 aliphatic carbocycles. The molecule has 0 unspecified atom stereocenters. The minimum absolute atomic E-state index is 0.429. The standard InChI is InChI=1S/C23H31ClN4O/c1-27-14-17-13-18(24)9-12-21(17)28-22(15-27)25-26-23(28)16-7-10-20(11-8-16)29-19-5-3-2-4-6-19/h9,12-13,16,19-20H,2-8,10-11,14-15H2,1H3/t16-,20-. The molecule has 156 valence electrons. The molecule has 29 heavy (non-hydrogen) atoms. The Balaban J connectivity index is 1.34. The SMILES string of the molecule is CN1Cc2cc(Cl)ccc2-n2c(nnc2[C@H]2CC[C@H](OC3CCCCC3)CC2)C1. The Morgan fingerprint density at radius 2 is 1.69 bits per heavy atom. The lowest BCUT2D eigenvalue weighted by Crippen LogP contribution is -2.28. The molecule has 0 saturated heterocycles. The molecule has 3 aliphatic rings. The molecule has 0 radical (unpaired) electrons. The second kappa shape index (κ2) is 8.37. The van der Waals surface area contributed by atoms with Crippen LogP contribution in [0.15, 0.2) is 18.2 Å². The van der Waals surface area contributed by atoms with Crippen LogP contribution < -0.4 is 0 Å². The van der Waals surface area contributed by atoms with Crippen molar-refractivity contribution >= 4 is 11.6 Å². The van der Waals surface area contributed by atoms with E-state index in [0.717, 1.165) is 55.4 Å². The number of rotatable bonds is 3. The molecule has 0 amide bonds. The summed E-state index contributed by atoms with van der Waals surface area (Å²) < 4.78 is 8.76. The van der Waals surface area contributed by atoms with E-state index in [2.05, 4.69) is 38.8 Å². The number of benzene rings is 1. The van der Waals surface area contributed by atoms with Crippen molar-refractivity contribution < 1.29 is 4.74 Å². The summed E-state index contributed by atoms with van der Waals surface area (Å²) in [5.41, 5.74) is 2.43. The fraction of sp³-hybridized carbons (Fsp3) is 0.652. The van der Waals surface area contributed by atoms with Gasteiger partial charge in [-0.3, -0.25) is 9.47 Å². The minimum atomic E-state index is 0.429. The van der Waals surface area contributed by atoms with Crippen molar-refractivity contribution in [3.63, 3.8) is 0 Å². The molecule has 1 aliphatic heterocycles. The van der Waals surface area contributed by atoms with Gasteiger partial charge in [-0.15, -0.1) is 10.2 Å². The van der Waals surface area contributed by atoms with Gasteiger partial charge in [0.15, 0.2) is 5.82 Å². The van der Waals surface area contributed by atoms with E-state index in [0.29, 0.717) is 18.1 Å². The summed E-state index contributed by atoms with van der Waals surface area (Å²) in [5.74, 6) is 2.61. The van der Waals surface area contributed by atoms with Gasteiger partial charge in [0.2, 0.25) is 0 Å². The Morgan fingerprint density at radius 1 is 0.931 bits per heavy atom. The maximum Gasteiger partial charge on any atom is 0.151 e.